The first-order valence-corrected chi connectivity index (χ1v) is 11.9. The number of halogens is 1. The lowest BCUT2D eigenvalue weighted by Gasteiger charge is -2.29. The number of carbonyl (C=O) groups is 1. The van der Waals surface area contributed by atoms with Gasteiger partial charge in [0.1, 0.15) is 0 Å². The number of carbonyl (C=O) groups excluding carboxylic acids is 1. The summed E-state index contributed by atoms with van der Waals surface area (Å²) in [7, 11) is -3.70. The quantitative estimate of drug-likeness (QED) is 0.528. The van der Waals surface area contributed by atoms with Gasteiger partial charge in [-0.25, -0.2) is 0 Å². The van der Waals surface area contributed by atoms with Crippen molar-refractivity contribution >= 4 is 52.6 Å². The maximum atomic E-state index is 13.5. The Labute approximate surface area is 177 Å². The first-order chi connectivity index (χ1) is 14.1. The van der Waals surface area contributed by atoms with Crippen LogP contribution in [0, 0.1) is 0 Å². The molecular formula is C20H18ClN2O4PS. The number of nitrogens with one attached hydrogen (secondary N) is 1. The highest BCUT2D eigenvalue weighted by molar-refractivity contribution is 7.55. The predicted molar refractivity (Wildman–Crippen MR) is 115 cm³/mol. The molecule has 0 spiro atoms. The largest absolute Gasteiger partial charge is 0.347 e. The number of nitrogens with zero attached hydrogens (tertiary/aromatic N) is 1. The van der Waals surface area contributed by atoms with E-state index in [1.54, 1.807) is 24.4 Å². The molecule has 150 valence electrons. The lowest BCUT2D eigenvalue weighted by molar-refractivity contribution is -0.120. The Balaban J connectivity index is 1.68. The number of fused-ring (bicyclic) bond motifs is 1. The van der Waals surface area contributed by atoms with Crippen molar-refractivity contribution < 1.29 is 18.4 Å². The fraction of sp³-hybridized carbons (Fsp3) is 0.200. The molecule has 9 heteroatoms. The molecule has 1 amide bonds. The van der Waals surface area contributed by atoms with E-state index in [1.807, 2.05) is 29.6 Å². The topological polar surface area (TPSA) is 77.5 Å². The molecule has 6 nitrogen and oxygen atoms in total. The average Bonchev–Trinajstić information content (AvgIpc) is 3.12. The molecule has 1 atom stereocenters. The van der Waals surface area contributed by atoms with Crippen LogP contribution in [0.1, 0.15) is 23.3 Å². The summed E-state index contributed by atoms with van der Waals surface area (Å²) in [4.78, 5) is 17.3. The highest BCUT2D eigenvalue weighted by Crippen LogP contribution is 2.63. The van der Waals surface area contributed by atoms with Crippen molar-refractivity contribution in [3.63, 3.8) is 0 Å². The van der Waals surface area contributed by atoms with Crippen LogP contribution in [0.25, 0.3) is 16.2 Å². The third-order valence-corrected chi connectivity index (χ3v) is 7.87. The van der Waals surface area contributed by atoms with Gasteiger partial charge in [0.15, 0.2) is 5.66 Å². The van der Waals surface area contributed by atoms with Crippen LogP contribution in [-0.2, 0) is 18.4 Å². The summed E-state index contributed by atoms with van der Waals surface area (Å²) in [6.07, 6.45) is 5.44. The number of rotatable bonds is 5. The van der Waals surface area contributed by atoms with Gasteiger partial charge in [0, 0.05) is 22.1 Å². The summed E-state index contributed by atoms with van der Waals surface area (Å²) in [5.74, 6) is -0.470. The van der Waals surface area contributed by atoms with Gasteiger partial charge in [0.2, 0.25) is 5.91 Å². The lowest BCUT2D eigenvalue weighted by Crippen LogP contribution is -2.28. The summed E-state index contributed by atoms with van der Waals surface area (Å²) in [5, 5.41) is 5.82. The minimum atomic E-state index is -3.70. The second-order valence-electron chi connectivity index (χ2n) is 6.39. The van der Waals surface area contributed by atoms with Crippen LogP contribution >= 0.6 is 30.5 Å². The number of hydrogen-bond acceptors (Lipinski definition) is 6. The van der Waals surface area contributed by atoms with E-state index in [4.69, 9.17) is 20.6 Å². The molecule has 3 aromatic rings. The van der Waals surface area contributed by atoms with E-state index in [9.17, 15) is 9.36 Å². The SMILES string of the molecule is O=C(NC=Cc1ccccn1)C(c1csc2ccc(Cl)cc12)P1(=O)OCCCO1. The van der Waals surface area contributed by atoms with Gasteiger partial charge in [-0.2, -0.15) is 0 Å². The Bertz CT molecular complexity index is 1090. The zero-order valence-electron chi connectivity index (χ0n) is 15.3. The molecule has 29 heavy (non-hydrogen) atoms. The van der Waals surface area contributed by atoms with Gasteiger partial charge in [-0.1, -0.05) is 17.7 Å². The van der Waals surface area contributed by atoms with E-state index in [2.05, 4.69) is 10.3 Å². The molecule has 0 radical (unpaired) electrons. The smallest absolute Gasteiger partial charge is 0.331 e. The maximum Gasteiger partial charge on any atom is 0.347 e. The first-order valence-electron chi connectivity index (χ1n) is 9.00. The maximum absolute atomic E-state index is 13.5. The van der Waals surface area contributed by atoms with Gasteiger partial charge in [-0.15, -0.1) is 11.3 Å². The van der Waals surface area contributed by atoms with E-state index in [-0.39, 0.29) is 13.2 Å². The van der Waals surface area contributed by atoms with E-state index in [0.717, 1.165) is 10.1 Å². The minimum Gasteiger partial charge on any atom is -0.331 e. The van der Waals surface area contributed by atoms with E-state index in [1.165, 1.54) is 17.5 Å². The van der Waals surface area contributed by atoms with Gasteiger partial charge in [0.25, 0.3) is 0 Å². The highest BCUT2D eigenvalue weighted by atomic mass is 35.5. The number of pyridine rings is 1. The highest BCUT2D eigenvalue weighted by Gasteiger charge is 2.45. The van der Waals surface area contributed by atoms with E-state index >= 15 is 0 Å². The van der Waals surface area contributed by atoms with E-state index in [0.29, 0.717) is 22.7 Å². The fourth-order valence-electron chi connectivity index (χ4n) is 3.08. The molecule has 1 saturated heterocycles. The molecule has 1 N–H and O–H groups in total. The molecule has 1 aliphatic rings. The number of hydrogen-bond donors (Lipinski definition) is 1. The standard InChI is InChI=1S/C20H18ClN2O4PS/c21-14-5-6-18-16(12-14)17(13-29-18)19(28(25)26-10-3-11-27-28)20(24)23-9-7-15-4-1-2-8-22-15/h1-2,4-9,12-13,19H,3,10-11H2,(H,23,24). The number of aromatic nitrogens is 1. The molecule has 1 fully saturated rings. The molecule has 3 heterocycles. The van der Waals surface area contributed by atoms with Crippen LogP contribution in [0.5, 0.6) is 0 Å². The monoisotopic (exact) mass is 448 g/mol. The molecular weight excluding hydrogens is 431 g/mol. The minimum absolute atomic E-state index is 0.285. The number of benzene rings is 1. The normalized spacial score (nSPS) is 17.4. The van der Waals surface area contributed by atoms with Crippen molar-refractivity contribution in [1.82, 2.24) is 10.3 Å². The summed E-state index contributed by atoms with van der Waals surface area (Å²) < 4.78 is 25.5. The van der Waals surface area contributed by atoms with Gasteiger partial charge in [-0.3, -0.25) is 14.3 Å². The van der Waals surface area contributed by atoms with Crippen LogP contribution in [0.3, 0.4) is 0 Å². The molecule has 0 bridgehead atoms. The first kappa shape index (κ1) is 20.3. The second kappa shape index (κ2) is 8.78. The van der Waals surface area contributed by atoms with Crippen molar-refractivity contribution in [2.45, 2.75) is 12.1 Å². The average molecular weight is 449 g/mol. The molecule has 4 rings (SSSR count). The second-order valence-corrected chi connectivity index (χ2v) is 9.85. The van der Waals surface area contributed by atoms with Crippen LogP contribution in [0.4, 0.5) is 0 Å². The lowest BCUT2D eigenvalue weighted by atomic mass is 10.1. The molecule has 1 aliphatic heterocycles. The Kier molecular flexibility index (Phi) is 6.13. The van der Waals surface area contributed by atoms with Gasteiger partial charge in [0.05, 0.1) is 18.9 Å². The van der Waals surface area contributed by atoms with Crippen molar-refractivity contribution in [3.8, 4) is 0 Å². The molecule has 0 aliphatic carbocycles. The summed E-state index contributed by atoms with van der Waals surface area (Å²) in [6.45, 7) is 0.571. The number of amides is 1. The number of thiophene rings is 1. The van der Waals surface area contributed by atoms with Crippen molar-refractivity contribution in [3.05, 3.63) is 70.5 Å². The zero-order chi connectivity index (χ0) is 20.3. The van der Waals surface area contributed by atoms with E-state index < -0.39 is 19.2 Å². The molecule has 0 saturated carbocycles. The van der Waals surface area contributed by atoms with Gasteiger partial charge in [-0.05, 0) is 59.2 Å². The molecule has 1 unspecified atom stereocenters. The summed E-state index contributed by atoms with van der Waals surface area (Å²) >= 11 is 7.61. The predicted octanol–water partition coefficient (Wildman–Crippen LogP) is 5.41. The Morgan fingerprint density at radius 2 is 2.10 bits per heavy atom. The molecule has 1 aromatic carbocycles. The Morgan fingerprint density at radius 3 is 2.86 bits per heavy atom. The van der Waals surface area contributed by atoms with Gasteiger partial charge < -0.3 is 14.4 Å². The van der Waals surface area contributed by atoms with Crippen molar-refractivity contribution in [1.29, 1.82) is 0 Å². The Morgan fingerprint density at radius 1 is 1.28 bits per heavy atom. The van der Waals surface area contributed by atoms with Crippen LogP contribution in [0.15, 0.2) is 54.2 Å². The van der Waals surface area contributed by atoms with Crippen molar-refractivity contribution in [2.24, 2.45) is 0 Å². The van der Waals surface area contributed by atoms with Crippen LogP contribution in [0.2, 0.25) is 5.02 Å². The molecule has 2 aromatic heterocycles. The third kappa shape index (κ3) is 4.44. The zero-order valence-corrected chi connectivity index (χ0v) is 17.8. The Hall–Kier alpha value is -2.02. The van der Waals surface area contributed by atoms with Gasteiger partial charge >= 0.3 is 7.60 Å². The van der Waals surface area contributed by atoms with Crippen LogP contribution < -0.4 is 5.32 Å². The third-order valence-electron chi connectivity index (χ3n) is 4.42. The summed E-state index contributed by atoms with van der Waals surface area (Å²) in [5.41, 5.74) is 0.179. The fourth-order valence-corrected chi connectivity index (χ4v) is 6.38. The van der Waals surface area contributed by atoms with Crippen LogP contribution in [-0.4, -0.2) is 24.1 Å². The summed E-state index contributed by atoms with van der Waals surface area (Å²) in [6, 6.07) is 10.9. The van der Waals surface area contributed by atoms with Crippen molar-refractivity contribution in [2.75, 3.05) is 13.2 Å².